The van der Waals surface area contributed by atoms with Crippen molar-refractivity contribution in [1.82, 2.24) is 0 Å². The van der Waals surface area contributed by atoms with Crippen molar-refractivity contribution in [2.24, 2.45) is 5.73 Å². The maximum atomic E-state index is 9.67. The van der Waals surface area contributed by atoms with E-state index in [1.807, 2.05) is 13.8 Å². The Morgan fingerprint density at radius 2 is 1.31 bits per heavy atom. The summed E-state index contributed by atoms with van der Waals surface area (Å²) in [7, 11) is 0. The van der Waals surface area contributed by atoms with E-state index in [1.54, 1.807) is 0 Å². The Morgan fingerprint density at radius 3 is 1.46 bits per heavy atom. The summed E-state index contributed by atoms with van der Waals surface area (Å²) in [5, 5.41) is 0. The molecule has 1 saturated carbocycles. The van der Waals surface area contributed by atoms with E-state index in [-0.39, 0.29) is 0 Å². The molecule has 0 heterocycles. The molecule has 1 aliphatic rings. The summed E-state index contributed by atoms with van der Waals surface area (Å²) in [5.74, 6) is 0. The van der Waals surface area contributed by atoms with Gasteiger partial charge in [0, 0.05) is 6.04 Å². The fourth-order valence-electron chi connectivity index (χ4n) is 1.13. The van der Waals surface area contributed by atoms with Gasteiger partial charge in [0.1, 0.15) is 0 Å². The molecule has 13 heavy (non-hydrogen) atoms. The van der Waals surface area contributed by atoms with E-state index in [4.69, 9.17) is 5.73 Å². The largest absolute Gasteiger partial charge is 0.379 e. The average molecular weight is 199 g/mol. The van der Waals surface area contributed by atoms with E-state index >= 15 is 0 Å². The first-order valence-corrected chi connectivity index (χ1v) is 4.80. The molecule has 82 valence electrons. The fourth-order valence-corrected chi connectivity index (χ4v) is 1.13. The first-order chi connectivity index (χ1) is 6.13. The van der Waals surface area contributed by atoms with E-state index in [1.165, 1.54) is 32.1 Å². The molecule has 1 nitrogen and oxygen atoms in total. The van der Waals surface area contributed by atoms with E-state index in [0.717, 1.165) is 0 Å². The molecule has 0 radical (unpaired) electrons. The molecule has 0 amide bonds. The Bertz CT molecular complexity index is 80.2. The van der Waals surface area contributed by atoms with Gasteiger partial charge in [0.2, 0.25) is 0 Å². The standard InChI is InChI=1S/C6H13N.C2H6.CHF3/c7-6-4-2-1-3-5-6;1-2;2-1(3)4/h6H,1-5,7H2;1-2H3;1H. The van der Waals surface area contributed by atoms with Gasteiger partial charge in [-0.25, -0.2) is 0 Å². The van der Waals surface area contributed by atoms with Crippen molar-refractivity contribution in [2.75, 3.05) is 0 Å². The molecule has 0 atom stereocenters. The minimum absolute atomic E-state index is 0.536. The van der Waals surface area contributed by atoms with Gasteiger partial charge in [-0.05, 0) is 12.8 Å². The molecule has 2 N–H and O–H groups in total. The maximum Gasteiger partial charge on any atom is 0.379 e. The quantitative estimate of drug-likeness (QED) is 0.635. The van der Waals surface area contributed by atoms with E-state index in [2.05, 4.69) is 0 Å². The number of nitrogens with two attached hydrogens (primary N) is 1. The summed E-state index contributed by atoms with van der Waals surface area (Å²) >= 11 is 0. The van der Waals surface area contributed by atoms with Crippen LogP contribution in [-0.2, 0) is 0 Å². The molecule has 1 aliphatic carbocycles. The van der Waals surface area contributed by atoms with Gasteiger partial charge >= 0.3 is 6.68 Å². The molecule has 4 heteroatoms. The minimum atomic E-state index is -3.67. The van der Waals surface area contributed by atoms with Gasteiger partial charge in [0.05, 0.1) is 0 Å². The van der Waals surface area contributed by atoms with Crippen LogP contribution >= 0.6 is 0 Å². The highest BCUT2D eigenvalue weighted by atomic mass is 19.4. The van der Waals surface area contributed by atoms with Gasteiger partial charge in [-0.15, -0.1) is 0 Å². The van der Waals surface area contributed by atoms with Crippen LogP contribution in [0.1, 0.15) is 46.0 Å². The molecule has 1 fully saturated rings. The first kappa shape index (κ1) is 15.2. The molecule has 0 aliphatic heterocycles. The second kappa shape index (κ2) is 11.8. The molecule has 0 aromatic carbocycles. The third kappa shape index (κ3) is 18.6. The lowest BCUT2D eigenvalue weighted by Crippen LogP contribution is -2.22. The summed E-state index contributed by atoms with van der Waals surface area (Å²) in [6.07, 6.45) is 6.66. The number of hydrogen-bond donors (Lipinski definition) is 1. The van der Waals surface area contributed by atoms with Gasteiger partial charge in [0.25, 0.3) is 0 Å². The van der Waals surface area contributed by atoms with E-state index < -0.39 is 6.68 Å². The van der Waals surface area contributed by atoms with Gasteiger partial charge in [-0.1, -0.05) is 33.1 Å². The third-order valence-electron chi connectivity index (χ3n) is 1.65. The zero-order valence-corrected chi connectivity index (χ0v) is 8.40. The first-order valence-electron chi connectivity index (χ1n) is 4.80. The molecule has 1 rings (SSSR count). The Morgan fingerprint density at radius 1 is 1.00 bits per heavy atom. The molecule has 0 saturated heterocycles. The van der Waals surface area contributed by atoms with Gasteiger partial charge in [-0.2, -0.15) is 13.2 Å². The van der Waals surface area contributed by atoms with E-state index in [9.17, 15) is 13.2 Å². The SMILES string of the molecule is CC.FC(F)F.NC1CCCCC1. The van der Waals surface area contributed by atoms with Crippen LogP contribution in [0.4, 0.5) is 13.2 Å². The number of rotatable bonds is 0. The third-order valence-corrected chi connectivity index (χ3v) is 1.65. The lowest BCUT2D eigenvalue weighted by Gasteiger charge is -2.15. The molecule has 0 aromatic rings. The molecular weight excluding hydrogens is 179 g/mol. The van der Waals surface area contributed by atoms with E-state index in [0.29, 0.717) is 6.04 Å². The van der Waals surface area contributed by atoms with Gasteiger partial charge in [-0.3, -0.25) is 0 Å². The molecule has 0 bridgehead atoms. The summed E-state index contributed by atoms with van der Waals surface area (Å²) in [5.41, 5.74) is 5.63. The number of halogens is 3. The van der Waals surface area contributed by atoms with Gasteiger partial charge < -0.3 is 5.73 Å². The van der Waals surface area contributed by atoms with Crippen LogP contribution in [-0.4, -0.2) is 12.7 Å². The summed E-state index contributed by atoms with van der Waals surface area (Å²) < 4.78 is 29.0. The molecule has 0 aromatic heterocycles. The second-order valence-corrected chi connectivity index (χ2v) is 2.65. The lowest BCUT2D eigenvalue weighted by atomic mass is 9.97. The van der Waals surface area contributed by atoms with Crippen molar-refractivity contribution in [3.05, 3.63) is 0 Å². The van der Waals surface area contributed by atoms with Crippen LogP contribution < -0.4 is 5.73 Å². The Labute approximate surface area is 78.5 Å². The molecule has 0 unspecified atom stereocenters. The van der Waals surface area contributed by atoms with Crippen molar-refractivity contribution < 1.29 is 13.2 Å². The lowest BCUT2D eigenvalue weighted by molar-refractivity contribution is 0.00819. The van der Waals surface area contributed by atoms with Crippen molar-refractivity contribution >= 4 is 0 Å². The van der Waals surface area contributed by atoms with Crippen molar-refractivity contribution in [1.29, 1.82) is 0 Å². The highest BCUT2D eigenvalue weighted by molar-refractivity contribution is 4.66. The van der Waals surface area contributed by atoms with Crippen LogP contribution in [0.25, 0.3) is 0 Å². The summed E-state index contributed by atoms with van der Waals surface area (Å²) in [4.78, 5) is 0. The zero-order valence-electron chi connectivity index (χ0n) is 8.40. The fraction of sp³-hybridized carbons (Fsp3) is 1.00. The van der Waals surface area contributed by atoms with Crippen LogP contribution in [0.2, 0.25) is 0 Å². The van der Waals surface area contributed by atoms with Crippen molar-refractivity contribution in [3.63, 3.8) is 0 Å². The van der Waals surface area contributed by atoms with Crippen LogP contribution in [0.3, 0.4) is 0 Å². The topological polar surface area (TPSA) is 26.0 Å². The maximum absolute atomic E-state index is 9.67. The molecular formula is C9H20F3N. The van der Waals surface area contributed by atoms with Crippen LogP contribution in [0.15, 0.2) is 0 Å². The van der Waals surface area contributed by atoms with Crippen LogP contribution in [0.5, 0.6) is 0 Å². The van der Waals surface area contributed by atoms with Gasteiger partial charge in [0.15, 0.2) is 0 Å². The summed E-state index contributed by atoms with van der Waals surface area (Å²) in [6.45, 7) is 0.333. The zero-order chi connectivity index (χ0) is 10.7. The van der Waals surface area contributed by atoms with Crippen molar-refractivity contribution in [3.8, 4) is 0 Å². The Kier molecular flexibility index (Phi) is 13.8. The number of hydrogen-bond acceptors (Lipinski definition) is 1. The predicted octanol–water partition coefficient (Wildman–Crippen LogP) is 3.48. The van der Waals surface area contributed by atoms with Crippen LogP contribution in [0, 0.1) is 0 Å². The highest BCUT2D eigenvalue weighted by Crippen LogP contribution is 2.14. The number of alkyl halides is 3. The average Bonchev–Trinajstić information content (AvgIpc) is 2.08. The van der Waals surface area contributed by atoms with Crippen molar-refractivity contribution in [2.45, 2.75) is 58.7 Å². The predicted molar refractivity (Wildman–Crippen MR) is 49.5 cm³/mol. The Hall–Kier alpha value is -0.250. The molecule has 0 spiro atoms. The smallest absolute Gasteiger partial charge is 0.328 e. The Balaban J connectivity index is 0. The minimum Gasteiger partial charge on any atom is -0.328 e. The monoisotopic (exact) mass is 199 g/mol. The highest BCUT2D eigenvalue weighted by Gasteiger charge is 2.06. The second-order valence-electron chi connectivity index (χ2n) is 2.65. The normalized spacial score (nSPS) is 16.8. The summed E-state index contributed by atoms with van der Waals surface area (Å²) in [6, 6.07) is 0.536.